The van der Waals surface area contributed by atoms with E-state index < -0.39 is 43.5 Å². The molecule has 0 rings (SSSR count). The van der Waals surface area contributed by atoms with Crippen LogP contribution in [0.25, 0.3) is 0 Å². The fourth-order valence-electron chi connectivity index (χ4n) is 3.28. The van der Waals surface area contributed by atoms with Crippen molar-refractivity contribution in [2.24, 2.45) is 0 Å². The van der Waals surface area contributed by atoms with Gasteiger partial charge in [-0.15, -0.1) is 0 Å². The largest absolute Gasteiger partial charge is 0.479 e. The van der Waals surface area contributed by atoms with Gasteiger partial charge in [0.05, 0.1) is 1.37 Å². The van der Waals surface area contributed by atoms with E-state index in [1.165, 1.54) is 70.6 Å². The third-order valence-corrected chi connectivity index (χ3v) is 4.99. The average molecular weight is 435 g/mol. The van der Waals surface area contributed by atoms with Crippen molar-refractivity contribution in [2.45, 2.75) is 155 Å². The van der Waals surface area contributed by atoms with E-state index in [0.717, 1.165) is 32.6 Å². The molecule has 0 aliphatic rings. The van der Waals surface area contributed by atoms with Gasteiger partial charge in [0.2, 0.25) is 0 Å². The number of ether oxygens (including phenoxy) is 1. The summed E-state index contributed by atoms with van der Waals surface area (Å²) in [6.45, 7) is 2.98. The van der Waals surface area contributed by atoms with Crippen molar-refractivity contribution in [3.63, 3.8) is 0 Å². The van der Waals surface area contributed by atoms with E-state index in [9.17, 15) is 14.7 Å². The molecule has 4 nitrogen and oxygen atoms in total. The van der Waals surface area contributed by atoms with Gasteiger partial charge in [-0.1, -0.05) is 129 Å². The van der Waals surface area contributed by atoms with Gasteiger partial charge in [0.25, 0.3) is 0 Å². The third kappa shape index (κ3) is 21.6. The number of esters is 1. The molecule has 0 heterocycles. The second kappa shape index (κ2) is 22.6. The Morgan fingerprint density at radius 2 is 1.17 bits per heavy atom. The van der Waals surface area contributed by atoms with Crippen LogP contribution >= 0.6 is 0 Å². The lowest BCUT2D eigenvalue weighted by Gasteiger charge is -2.11. The van der Waals surface area contributed by atoms with E-state index in [2.05, 4.69) is 11.7 Å². The number of hydrogen-bond donors (Lipinski definition) is 1. The van der Waals surface area contributed by atoms with E-state index in [4.69, 9.17) is 11.0 Å². The zero-order valence-electron chi connectivity index (χ0n) is 27.3. The summed E-state index contributed by atoms with van der Waals surface area (Å²) >= 11 is 0. The van der Waals surface area contributed by atoms with Crippen molar-refractivity contribution in [3.8, 4) is 0 Å². The van der Waals surface area contributed by atoms with Crippen LogP contribution < -0.4 is 0 Å². The summed E-state index contributed by atoms with van der Waals surface area (Å²) < 4.78 is 68.7. The van der Waals surface area contributed by atoms with Gasteiger partial charge in [-0.05, 0) is 12.7 Å². The zero-order chi connectivity index (χ0) is 29.5. The van der Waals surface area contributed by atoms with Crippen molar-refractivity contribution in [2.75, 3.05) is 0 Å². The second-order valence-electron chi connectivity index (χ2n) is 7.92. The number of unbranched alkanes of at least 4 members (excludes halogenated alkanes) is 15. The molecule has 0 amide bonds. The quantitative estimate of drug-likeness (QED) is 0.130. The maximum Gasteiger partial charge on any atom is 0.345 e. The minimum Gasteiger partial charge on any atom is -0.479 e. The highest BCUT2D eigenvalue weighted by Gasteiger charge is 2.19. The second-order valence-corrected chi connectivity index (χ2v) is 7.92. The van der Waals surface area contributed by atoms with Crippen LogP contribution in [-0.2, 0) is 14.3 Å². The van der Waals surface area contributed by atoms with E-state index >= 15 is 0 Å². The Kier molecular flexibility index (Phi) is 13.2. The normalized spacial score (nSPS) is 19.5. The fraction of sp³-hybridized carbons (Fsp3) is 0.923. The van der Waals surface area contributed by atoms with Crippen LogP contribution in [0.5, 0.6) is 0 Å². The number of carboxylic acid groups (broad SMARTS) is 1. The molecule has 0 aliphatic heterocycles. The molecule has 30 heavy (non-hydrogen) atoms. The van der Waals surface area contributed by atoms with E-state index in [1.807, 2.05) is 0 Å². The molecule has 2 atom stereocenters. The number of aliphatic carboxylic acids is 1. The highest BCUT2D eigenvalue weighted by atomic mass is 16.6. The Bertz CT molecular complexity index is 690. The number of carbonyl (C=O) groups excluding carboxylic acids is 1. The molecule has 0 aromatic rings. The minimum absolute atomic E-state index is 0.0489. The predicted molar refractivity (Wildman–Crippen MR) is 126 cm³/mol. The first kappa shape index (κ1) is 17.5. The van der Waals surface area contributed by atoms with Gasteiger partial charge < -0.3 is 9.84 Å². The summed E-state index contributed by atoms with van der Waals surface area (Å²) in [6, 6.07) is 0. The van der Waals surface area contributed by atoms with Crippen molar-refractivity contribution in [1.29, 1.82) is 0 Å². The smallest absolute Gasteiger partial charge is 0.345 e. The van der Waals surface area contributed by atoms with E-state index in [0.29, 0.717) is 6.42 Å². The Labute approximate surface area is 197 Å². The fourth-order valence-corrected chi connectivity index (χ4v) is 3.28. The van der Waals surface area contributed by atoms with Crippen molar-refractivity contribution < 1.29 is 30.4 Å². The molecule has 4 heteroatoms. The number of hydrogen-bond acceptors (Lipinski definition) is 3. The van der Waals surface area contributed by atoms with Crippen LogP contribution in [0.3, 0.4) is 0 Å². The molecule has 178 valence electrons. The summed E-state index contributed by atoms with van der Waals surface area (Å²) in [5, 5.41) is 9.30. The Morgan fingerprint density at radius 1 is 0.767 bits per heavy atom. The van der Waals surface area contributed by atoms with Gasteiger partial charge in [0, 0.05) is 16.5 Å². The first-order valence-electron chi connectivity index (χ1n) is 16.0. The van der Waals surface area contributed by atoms with Gasteiger partial charge in [0.1, 0.15) is 0 Å². The molecular formula is C26H50O4. The van der Waals surface area contributed by atoms with Gasteiger partial charge >= 0.3 is 11.9 Å². The lowest BCUT2D eigenvalue weighted by molar-refractivity contribution is -0.163. The lowest BCUT2D eigenvalue weighted by Crippen LogP contribution is -2.25. The minimum atomic E-state index is -3.78. The molecule has 0 aromatic carbocycles. The Hall–Kier alpha value is -1.06. The molecule has 0 saturated heterocycles. The highest BCUT2D eigenvalue weighted by molar-refractivity contribution is 5.76. The summed E-state index contributed by atoms with van der Waals surface area (Å²) in [4.78, 5) is 22.8. The predicted octanol–water partition coefficient (Wildman–Crippen LogP) is 8.21. The highest BCUT2D eigenvalue weighted by Crippen LogP contribution is 2.15. The zero-order valence-corrected chi connectivity index (χ0v) is 19.3. The average Bonchev–Trinajstić information content (AvgIpc) is 2.82. The van der Waals surface area contributed by atoms with Crippen LogP contribution in [0.4, 0.5) is 0 Å². The first-order chi connectivity index (χ1) is 17.6. The summed E-state index contributed by atoms with van der Waals surface area (Å²) in [7, 11) is 0. The first-order valence-corrected chi connectivity index (χ1v) is 11.9. The lowest BCUT2D eigenvalue weighted by atomic mass is 10.0. The maximum absolute atomic E-state index is 11.5. The van der Waals surface area contributed by atoms with Crippen LogP contribution in [0.2, 0.25) is 0 Å². The van der Waals surface area contributed by atoms with Crippen molar-refractivity contribution in [3.05, 3.63) is 0 Å². The topological polar surface area (TPSA) is 63.6 Å². The third-order valence-electron chi connectivity index (χ3n) is 4.99. The van der Waals surface area contributed by atoms with Crippen LogP contribution in [0.1, 0.15) is 159 Å². The van der Waals surface area contributed by atoms with E-state index in [-0.39, 0.29) is 6.42 Å². The Balaban J connectivity index is 4.39. The number of carbonyl (C=O) groups is 2. The van der Waals surface area contributed by atoms with E-state index in [1.54, 1.807) is 0 Å². The molecule has 0 radical (unpaired) electrons. The SMILES string of the molecule is [2H]C(CCCCCCCCCCCCCCCCCC)C([2H])([2H])C([2H])([2H])C([2H])([2H])[C@@]([2H])(OC(C)=O)C(=O)O. The Morgan fingerprint density at radius 3 is 1.53 bits per heavy atom. The van der Waals surface area contributed by atoms with Gasteiger partial charge in [-0.25, -0.2) is 4.79 Å². The summed E-state index contributed by atoms with van der Waals surface area (Å²) in [5.41, 5.74) is 0. The van der Waals surface area contributed by atoms with Crippen molar-refractivity contribution in [1.82, 2.24) is 0 Å². The number of carboxylic acids is 1. The molecule has 0 fully saturated rings. The number of rotatable bonds is 23. The molecule has 0 saturated carbocycles. The van der Waals surface area contributed by atoms with Crippen LogP contribution in [0, 0.1) is 0 Å². The van der Waals surface area contributed by atoms with Gasteiger partial charge in [-0.2, -0.15) is 0 Å². The molecule has 0 aliphatic carbocycles. The molecular weight excluding hydrogens is 376 g/mol. The standard InChI is InChI=1S/C26H50O4/c1-3-4-5-6-7-8-9-10-11-12-13-14-15-16-17-18-19-20-21-22-23-25(26(28)29)30-24(2)27/h25H,3-23H2,1-2H3,(H,28,29)/t25-/m1/s1/i20D,21D2,22D2,23D2,25D/t20?,25-. The summed E-state index contributed by atoms with van der Waals surface area (Å²) in [6.07, 6.45) is 2.50. The van der Waals surface area contributed by atoms with Crippen LogP contribution in [-0.4, -0.2) is 23.1 Å². The molecule has 1 unspecified atom stereocenters. The van der Waals surface area contributed by atoms with Gasteiger partial charge in [-0.3, -0.25) is 4.79 Å². The molecule has 0 bridgehead atoms. The maximum atomic E-state index is 11.5. The molecule has 0 aromatic heterocycles. The summed E-state index contributed by atoms with van der Waals surface area (Å²) in [5.74, 6) is -3.59. The molecule has 1 N–H and O–H groups in total. The van der Waals surface area contributed by atoms with Crippen LogP contribution in [0.15, 0.2) is 0 Å². The van der Waals surface area contributed by atoms with Gasteiger partial charge in [0.15, 0.2) is 6.08 Å². The van der Waals surface area contributed by atoms with Crippen molar-refractivity contribution >= 4 is 11.9 Å². The molecule has 0 spiro atoms. The monoisotopic (exact) mass is 434 g/mol.